The van der Waals surface area contributed by atoms with Gasteiger partial charge in [0.25, 0.3) is 5.91 Å². The number of benzene rings is 1. The number of nitrogens with zero attached hydrogens (tertiary/aromatic N) is 3. The molecular formula is C17H19BrN4O. The number of aromatic nitrogens is 2. The molecule has 1 amide bonds. The molecule has 1 aliphatic heterocycles. The Labute approximate surface area is 144 Å². The van der Waals surface area contributed by atoms with Crippen molar-refractivity contribution in [2.75, 3.05) is 18.4 Å². The van der Waals surface area contributed by atoms with Gasteiger partial charge in [0.1, 0.15) is 0 Å². The maximum Gasteiger partial charge on any atom is 0.256 e. The molecule has 0 saturated carbocycles. The molecule has 2 aromatic rings. The zero-order valence-corrected chi connectivity index (χ0v) is 14.6. The van der Waals surface area contributed by atoms with Crippen LogP contribution in [0, 0.1) is 6.92 Å². The van der Waals surface area contributed by atoms with Gasteiger partial charge < -0.3 is 10.2 Å². The van der Waals surface area contributed by atoms with Crippen molar-refractivity contribution in [1.82, 2.24) is 14.9 Å². The first-order valence-corrected chi connectivity index (χ1v) is 8.57. The monoisotopic (exact) mass is 374 g/mol. The zero-order chi connectivity index (χ0) is 16.2. The van der Waals surface area contributed by atoms with Crippen molar-refractivity contribution < 1.29 is 4.79 Å². The molecule has 1 aliphatic rings. The van der Waals surface area contributed by atoms with Gasteiger partial charge in [-0.1, -0.05) is 15.9 Å². The highest BCUT2D eigenvalue weighted by Gasteiger charge is 2.18. The second-order valence-electron chi connectivity index (χ2n) is 5.74. The van der Waals surface area contributed by atoms with Crippen molar-refractivity contribution >= 4 is 33.5 Å². The molecule has 1 fully saturated rings. The Bertz CT molecular complexity index is 696. The van der Waals surface area contributed by atoms with Crippen LogP contribution in [-0.4, -0.2) is 33.9 Å². The average molecular weight is 375 g/mol. The summed E-state index contributed by atoms with van der Waals surface area (Å²) >= 11 is 3.48. The van der Waals surface area contributed by atoms with Crippen molar-refractivity contribution in [3.05, 3.63) is 46.2 Å². The number of amides is 1. The van der Waals surface area contributed by atoms with Gasteiger partial charge in [0.05, 0.1) is 5.56 Å². The fourth-order valence-corrected chi connectivity index (χ4v) is 2.88. The Kier molecular flexibility index (Phi) is 4.91. The molecule has 2 heterocycles. The lowest BCUT2D eigenvalue weighted by atomic mass is 10.1. The Balaban J connectivity index is 1.68. The highest BCUT2D eigenvalue weighted by atomic mass is 79.9. The quantitative estimate of drug-likeness (QED) is 0.884. The lowest BCUT2D eigenvalue weighted by Crippen LogP contribution is -2.35. The molecule has 1 aromatic heterocycles. The van der Waals surface area contributed by atoms with Crippen LogP contribution in [0.25, 0.3) is 0 Å². The molecule has 0 unspecified atom stereocenters. The van der Waals surface area contributed by atoms with Crippen molar-refractivity contribution in [3.63, 3.8) is 0 Å². The van der Waals surface area contributed by atoms with Gasteiger partial charge in [-0.3, -0.25) is 4.79 Å². The largest absolute Gasteiger partial charge is 0.339 e. The predicted molar refractivity (Wildman–Crippen MR) is 93.9 cm³/mol. The van der Waals surface area contributed by atoms with Gasteiger partial charge in [-0.15, -0.1) is 0 Å². The smallest absolute Gasteiger partial charge is 0.256 e. The lowest BCUT2D eigenvalue weighted by Gasteiger charge is -2.26. The van der Waals surface area contributed by atoms with Crippen LogP contribution >= 0.6 is 15.9 Å². The summed E-state index contributed by atoms with van der Waals surface area (Å²) in [6.07, 6.45) is 6.55. The molecule has 5 nitrogen and oxygen atoms in total. The first-order chi connectivity index (χ1) is 11.1. The summed E-state index contributed by atoms with van der Waals surface area (Å²) in [5.41, 5.74) is 2.59. The van der Waals surface area contributed by atoms with Gasteiger partial charge in [-0.05, 0) is 49.9 Å². The second kappa shape index (κ2) is 7.08. The second-order valence-corrected chi connectivity index (χ2v) is 6.59. The fourth-order valence-electron chi connectivity index (χ4n) is 2.63. The Morgan fingerprint density at radius 3 is 2.52 bits per heavy atom. The van der Waals surface area contributed by atoms with Gasteiger partial charge in [-0.25, -0.2) is 9.97 Å². The normalized spacial score (nSPS) is 14.6. The predicted octanol–water partition coefficient (Wildman–Crippen LogP) is 3.92. The topological polar surface area (TPSA) is 58.1 Å². The summed E-state index contributed by atoms with van der Waals surface area (Å²) in [6, 6.07) is 5.94. The molecule has 0 radical (unpaired) electrons. The summed E-state index contributed by atoms with van der Waals surface area (Å²) in [5.74, 6) is 0.512. The standard InChI is InChI=1S/C17H19BrN4O/c1-12-9-14(5-6-15(12)18)21-17-19-10-13(11-20-17)16(23)22-7-3-2-4-8-22/h5-6,9-11H,2-4,7-8H2,1H3,(H,19,20,21). The van der Waals surface area contributed by atoms with E-state index in [9.17, 15) is 4.79 Å². The number of aryl methyl sites for hydroxylation is 1. The van der Waals surface area contributed by atoms with E-state index in [0.29, 0.717) is 11.5 Å². The van der Waals surface area contributed by atoms with Crippen LogP contribution in [0.4, 0.5) is 11.6 Å². The van der Waals surface area contributed by atoms with Gasteiger partial charge >= 0.3 is 0 Å². The first kappa shape index (κ1) is 15.9. The summed E-state index contributed by atoms with van der Waals surface area (Å²) in [7, 11) is 0. The van der Waals surface area contributed by atoms with Crippen molar-refractivity contribution in [2.24, 2.45) is 0 Å². The minimum absolute atomic E-state index is 0.0238. The van der Waals surface area contributed by atoms with Crippen molar-refractivity contribution in [2.45, 2.75) is 26.2 Å². The van der Waals surface area contributed by atoms with E-state index in [2.05, 4.69) is 31.2 Å². The minimum atomic E-state index is 0.0238. The number of carbonyl (C=O) groups excluding carboxylic acids is 1. The molecule has 1 aromatic carbocycles. The third kappa shape index (κ3) is 3.88. The van der Waals surface area contributed by atoms with E-state index in [1.807, 2.05) is 30.0 Å². The van der Waals surface area contributed by atoms with E-state index in [-0.39, 0.29) is 5.91 Å². The van der Waals surface area contributed by atoms with Crippen LogP contribution in [0.5, 0.6) is 0 Å². The van der Waals surface area contributed by atoms with E-state index in [1.54, 1.807) is 12.4 Å². The highest BCUT2D eigenvalue weighted by molar-refractivity contribution is 9.10. The Hall–Kier alpha value is -1.95. The number of rotatable bonds is 3. The van der Waals surface area contributed by atoms with Crippen LogP contribution in [0.1, 0.15) is 35.2 Å². The molecule has 1 saturated heterocycles. The summed E-state index contributed by atoms with van der Waals surface area (Å²) in [4.78, 5) is 22.8. The average Bonchev–Trinajstić information content (AvgIpc) is 2.59. The van der Waals surface area contributed by atoms with Crippen LogP contribution in [0.15, 0.2) is 35.1 Å². The summed E-state index contributed by atoms with van der Waals surface area (Å²) < 4.78 is 1.06. The van der Waals surface area contributed by atoms with E-state index in [0.717, 1.165) is 41.7 Å². The molecule has 1 N–H and O–H groups in total. The summed E-state index contributed by atoms with van der Waals surface area (Å²) in [5, 5.41) is 3.15. The number of halogens is 1. The lowest BCUT2D eigenvalue weighted by molar-refractivity contribution is 0.0723. The molecular weight excluding hydrogens is 356 g/mol. The fraction of sp³-hybridized carbons (Fsp3) is 0.353. The SMILES string of the molecule is Cc1cc(Nc2ncc(C(=O)N3CCCCC3)cn2)ccc1Br. The number of nitrogens with one attached hydrogen (secondary N) is 1. The molecule has 0 bridgehead atoms. The highest BCUT2D eigenvalue weighted by Crippen LogP contribution is 2.21. The molecule has 23 heavy (non-hydrogen) atoms. The van der Waals surface area contributed by atoms with Crippen LogP contribution in [0.2, 0.25) is 0 Å². The molecule has 120 valence electrons. The van der Waals surface area contributed by atoms with E-state index in [1.165, 1.54) is 6.42 Å². The van der Waals surface area contributed by atoms with Crippen LogP contribution in [0.3, 0.4) is 0 Å². The Morgan fingerprint density at radius 1 is 1.17 bits per heavy atom. The van der Waals surface area contributed by atoms with Crippen molar-refractivity contribution in [1.29, 1.82) is 0 Å². The van der Waals surface area contributed by atoms with Crippen LogP contribution < -0.4 is 5.32 Å². The number of carbonyl (C=O) groups is 1. The van der Waals surface area contributed by atoms with E-state index >= 15 is 0 Å². The number of anilines is 2. The number of likely N-dealkylation sites (tertiary alicyclic amines) is 1. The van der Waals surface area contributed by atoms with E-state index in [4.69, 9.17) is 0 Å². The maximum atomic E-state index is 12.4. The van der Waals surface area contributed by atoms with E-state index < -0.39 is 0 Å². The number of hydrogen-bond acceptors (Lipinski definition) is 4. The Morgan fingerprint density at radius 2 is 1.87 bits per heavy atom. The summed E-state index contributed by atoms with van der Waals surface area (Å²) in [6.45, 7) is 3.69. The molecule has 6 heteroatoms. The third-order valence-electron chi connectivity index (χ3n) is 3.96. The zero-order valence-electron chi connectivity index (χ0n) is 13.1. The molecule has 0 aliphatic carbocycles. The first-order valence-electron chi connectivity index (χ1n) is 7.78. The molecule has 0 atom stereocenters. The minimum Gasteiger partial charge on any atom is -0.339 e. The number of piperidine rings is 1. The van der Waals surface area contributed by atoms with Gasteiger partial charge in [0.2, 0.25) is 5.95 Å². The molecule has 0 spiro atoms. The van der Waals surface area contributed by atoms with Gasteiger partial charge in [0, 0.05) is 35.6 Å². The molecule has 3 rings (SSSR count). The van der Waals surface area contributed by atoms with Crippen molar-refractivity contribution in [3.8, 4) is 0 Å². The third-order valence-corrected chi connectivity index (χ3v) is 4.85. The number of hydrogen-bond donors (Lipinski definition) is 1. The van der Waals surface area contributed by atoms with Gasteiger partial charge in [0.15, 0.2) is 0 Å². The van der Waals surface area contributed by atoms with Gasteiger partial charge in [-0.2, -0.15) is 0 Å². The maximum absolute atomic E-state index is 12.4. The van der Waals surface area contributed by atoms with Crippen LogP contribution in [-0.2, 0) is 0 Å².